The third-order valence-electron chi connectivity index (χ3n) is 0.280. The van der Waals surface area contributed by atoms with E-state index in [0.29, 0.717) is 0 Å². The van der Waals surface area contributed by atoms with E-state index in [1.807, 2.05) is 13.1 Å². The molecule has 4 heteroatoms. The van der Waals surface area contributed by atoms with Crippen molar-refractivity contribution in [3.8, 4) is 0 Å². The van der Waals surface area contributed by atoms with Gasteiger partial charge in [-0.05, 0) is 13.1 Å². The zero-order chi connectivity index (χ0) is 5.21. The van der Waals surface area contributed by atoms with Gasteiger partial charge >= 0.3 is 16.6 Å². The van der Waals surface area contributed by atoms with Gasteiger partial charge in [0.15, 0.2) is 0 Å². The zero-order valence-electron chi connectivity index (χ0n) is 3.86. The Balaban J connectivity index is 3.17. The van der Waals surface area contributed by atoms with Crippen molar-refractivity contribution in [2.45, 2.75) is 13.1 Å². The fourth-order valence-electron chi connectivity index (χ4n) is 0. The molecule has 0 aromatic rings. The molecular weight excluding hydrogens is 131 g/mol. The summed E-state index contributed by atoms with van der Waals surface area (Å²) in [6.45, 7) is 3.81. The molecule has 0 saturated heterocycles. The fraction of sp³-hybridized carbons (Fsp3) is 1.00. The Labute approximate surface area is 52.2 Å². The molecule has 0 aliphatic heterocycles. The van der Waals surface area contributed by atoms with Gasteiger partial charge in [0.05, 0.1) is 0 Å². The third kappa shape index (κ3) is 5.00. The van der Waals surface area contributed by atoms with Crippen LogP contribution >= 0.6 is 11.1 Å². The molecule has 0 saturated carbocycles. The van der Waals surface area contributed by atoms with Crippen LogP contribution in [0.5, 0.6) is 0 Å². The molecule has 0 aliphatic rings. The van der Waals surface area contributed by atoms with Crippen molar-refractivity contribution in [3.63, 3.8) is 0 Å². The summed E-state index contributed by atoms with van der Waals surface area (Å²) >= 11 is 7.77. The average molecular weight is 137 g/mol. The molecule has 0 aromatic carbocycles. The maximum atomic E-state index is 5.61. The summed E-state index contributed by atoms with van der Waals surface area (Å²) in [6, 6.07) is 0. The topological polar surface area (TPSA) is 9.23 Å². The molecule has 0 spiro atoms. The Hall–Kier alpha value is 0.999. The molecule has 0 atom stereocenters. The van der Waals surface area contributed by atoms with E-state index < -0.39 is 7.63 Å². The van der Waals surface area contributed by atoms with Crippen LogP contribution in [0, 0.1) is 0 Å². The minimum atomic E-state index is -1.70. The second-order valence-corrected chi connectivity index (χ2v) is 7.88. The molecule has 6 heavy (non-hydrogen) atoms. The number of hydrogen-bond donors (Lipinski definition) is 0. The molecule has 0 fully saturated rings. The van der Waals surface area contributed by atoms with Crippen LogP contribution in [0.15, 0.2) is 0 Å². The van der Waals surface area contributed by atoms with E-state index in [4.69, 9.17) is 14.6 Å². The monoisotopic (exact) mass is 136 g/mol. The quantitative estimate of drug-likeness (QED) is 0.387. The first-order valence-electron chi connectivity index (χ1n) is 1.63. The number of rotatable bonds is 1. The SMILES string of the molecule is C[Si](C)(Cl)[O][Al]. The molecule has 1 nitrogen and oxygen atoms in total. The summed E-state index contributed by atoms with van der Waals surface area (Å²) < 4.78 is 4.76. The Morgan fingerprint density at radius 1 is 1.67 bits per heavy atom. The first kappa shape index (κ1) is 7.00. The van der Waals surface area contributed by atoms with Crippen LogP contribution in [0.25, 0.3) is 0 Å². The first-order valence-corrected chi connectivity index (χ1v) is 6.02. The standard InChI is InChI=1S/C2H6ClOSi.Al/c1-5(2,3)4;/h1-2H3;/q-1;+1. The summed E-state index contributed by atoms with van der Waals surface area (Å²) in [4.78, 5) is 0. The minimum absolute atomic E-state index is 1.70. The summed E-state index contributed by atoms with van der Waals surface area (Å²) in [5.74, 6) is 0. The van der Waals surface area contributed by atoms with Crippen LogP contribution in [0.2, 0.25) is 13.1 Å². The van der Waals surface area contributed by atoms with Crippen molar-refractivity contribution in [2.24, 2.45) is 0 Å². The maximum absolute atomic E-state index is 5.61. The minimum Gasteiger partial charge on any atom is -0.547 e. The molecule has 34 valence electrons. The molecule has 0 amide bonds. The van der Waals surface area contributed by atoms with Crippen molar-refractivity contribution >= 4 is 35.3 Å². The summed E-state index contributed by atoms with van der Waals surface area (Å²) in [7, 11) is -1.70. The zero-order valence-corrected chi connectivity index (χ0v) is 6.77. The predicted octanol–water partition coefficient (Wildman–Crippen LogP) is 1.03. The molecule has 0 N–H and O–H groups in total. The lowest BCUT2D eigenvalue weighted by atomic mass is 11.9. The lowest BCUT2D eigenvalue weighted by Crippen LogP contribution is -2.19. The van der Waals surface area contributed by atoms with Gasteiger partial charge in [0, 0.05) is 0 Å². The van der Waals surface area contributed by atoms with Crippen LogP contribution in [0.1, 0.15) is 0 Å². The van der Waals surface area contributed by atoms with Crippen molar-refractivity contribution < 1.29 is 3.48 Å². The van der Waals surface area contributed by atoms with Crippen LogP contribution < -0.4 is 0 Å². The summed E-state index contributed by atoms with van der Waals surface area (Å²) in [6.07, 6.45) is 0. The maximum Gasteiger partial charge on any atom is 0.355 e. The highest BCUT2D eigenvalue weighted by Gasteiger charge is 2.11. The van der Waals surface area contributed by atoms with Gasteiger partial charge in [0.1, 0.15) is 0 Å². The van der Waals surface area contributed by atoms with Crippen molar-refractivity contribution in [3.05, 3.63) is 0 Å². The summed E-state index contributed by atoms with van der Waals surface area (Å²) in [5.41, 5.74) is 0. The normalized spacial score (nSPS) is 11.8. The second-order valence-electron chi connectivity index (χ2n) is 1.48. The Kier molecular flexibility index (Phi) is 2.73. The van der Waals surface area contributed by atoms with E-state index >= 15 is 0 Å². The molecule has 0 rings (SSSR count). The highest BCUT2D eigenvalue weighted by molar-refractivity contribution is 7.16. The predicted molar refractivity (Wildman–Crippen MR) is 30.2 cm³/mol. The van der Waals surface area contributed by atoms with Gasteiger partial charge in [-0.3, -0.25) is 0 Å². The molecule has 0 aliphatic carbocycles. The van der Waals surface area contributed by atoms with Gasteiger partial charge in [0.2, 0.25) is 0 Å². The van der Waals surface area contributed by atoms with Crippen molar-refractivity contribution in [2.75, 3.05) is 0 Å². The molecule has 0 aromatic heterocycles. The van der Waals surface area contributed by atoms with Crippen LogP contribution in [0.4, 0.5) is 0 Å². The molecule has 0 bridgehead atoms. The van der Waals surface area contributed by atoms with Crippen LogP contribution in [0.3, 0.4) is 0 Å². The van der Waals surface area contributed by atoms with Gasteiger partial charge in [-0.15, -0.1) is 11.1 Å². The van der Waals surface area contributed by atoms with Gasteiger partial charge in [-0.1, -0.05) is 0 Å². The van der Waals surface area contributed by atoms with E-state index in [2.05, 4.69) is 16.6 Å². The van der Waals surface area contributed by atoms with E-state index in [-0.39, 0.29) is 0 Å². The van der Waals surface area contributed by atoms with Crippen molar-refractivity contribution in [1.29, 1.82) is 0 Å². The molecular formula is C2H6AlClOSi. The van der Waals surface area contributed by atoms with E-state index in [1.54, 1.807) is 0 Å². The van der Waals surface area contributed by atoms with Crippen LogP contribution in [-0.2, 0) is 3.48 Å². The first-order chi connectivity index (χ1) is 2.56. The third-order valence-corrected chi connectivity index (χ3v) is 3.32. The van der Waals surface area contributed by atoms with Gasteiger partial charge < -0.3 is 3.48 Å². The smallest absolute Gasteiger partial charge is 0.355 e. The van der Waals surface area contributed by atoms with E-state index in [0.717, 1.165) is 0 Å². The van der Waals surface area contributed by atoms with Crippen molar-refractivity contribution in [1.82, 2.24) is 0 Å². The average Bonchev–Trinajstić information content (AvgIpc) is 1.35. The van der Waals surface area contributed by atoms with Gasteiger partial charge in [-0.2, -0.15) is 0 Å². The second kappa shape index (κ2) is 2.34. The van der Waals surface area contributed by atoms with E-state index in [9.17, 15) is 0 Å². The van der Waals surface area contributed by atoms with Crippen LogP contribution in [-0.4, -0.2) is 24.3 Å². The van der Waals surface area contributed by atoms with E-state index in [1.165, 1.54) is 0 Å². The largest absolute Gasteiger partial charge is 0.547 e. The number of halogens is 1. The lowest BCUT2D eigenvalue weighted by Gasteiger charge is -2.10. The van der Waals surface area contributed by atoms with Gasteiger partial charge in [-0.25, -0.2) is 0 Å². The highest BCUT2D eigenvalue weighted by Crippen LogP contribution is 2.04. The Morgan fingerprint density at radius 2 is 1.83 bits per heavy atom. The van der Waals surface area contributed by atoms with Gasteiger partial charge in [0.25, 0.3) is 7.63 Å². The Bertz CT molecular complexity index is 43.3. The summed E-state index contributed by atoms with van der Waals surface area (Å²) in [5, 5.41) is 0. The lowest BCUT2D eigenvalue weighted by molar-refractivity contribution is 0.637. The molecule has 2 radical (unpaired) electrons. The molecule has 0 unspecified atom stereocenters. The molecule has 0 heterocycles. The Morgan fingerprint density at radius 3 is 1.83 bits per heavy atom. The highest BCUT2D eigenvalue weighted by atomic mass is 35.6. The fourth-order valence-corrected chi connectivity index (χ4v) is 0. The number of hydrogen-bond acceptors (Lipinski definition) is 1.